The summed E-state index contributed by atoms with van der Waals surface area (Å²) >= 11 is 0. The van der Waals surface area contributed by atoms with Gasteiger partial charge < -0.3 is 14.6 Å². The molecule has 0 radical (unpaired) electrons. The molecule has 0 aliphatic rings. The van der Waals surface area contributed by atoms with Crippen molar-refractivity contribution in [3.63, 3.8) is 0 Å². The van der Waals surface area contributed by atoms with Crippen molar-refractivity contribution in [3.8, 4) is 17.0 Å². The van der Waals surface area contributed by atoms with Gasteiger partial charge in [-0.15, -0.1) is 0 Å². The lowest BCUT2D eigenvalue weighted by Gasteiger charge is -2.20. The highest BCUT2D eigenvalue weighted by Crippen LogP contribution is 2.24. The maximum Gasteiger partial charge on any atom is 0.267 e. The zero-order valence-electron chi connectivity index (χ0n) is 17.8. The number of aryl methyl sites for hydroxylation is 1. The van der Waals surface area contributed by atoms with Crippen molar-refractivity contribution in [2.24, 2.45) is 7.05 Å². The van der Waals surface area contributed by atoms with Crippen LogP contribution in [0.5, 0.6) is 5.75 Å². The first kappa shape index (κ1) is 21.0. The van der Waals surface area contributed by atoms with E-state index in [0.717, 1.165) is 11.1 Å². The first-order valence-corrected chi connectivity index (χ1v) is 10.1. The number of methoxy groups -OCH3 is 1. The third-order valence-corrected chi connectivity index (χ3v) is 5.08. The summed E-state index contributed by atoms with van der Waals surface area (Å²) in [5, 5.41) is 7.36. The van der Waals surface area contributed by atoms with Crippen molar-refractivity contribution < 1.29 is 9.53 Å². The number of rotatable bonds is 7. The van der Waals surface area contributed by atoms with E-state index >= 15 is 0 Å². The van der Waals surface area contributed by atoms with Gasteiger partial charge in [-0.05, 0) is 23.8 Å². The lowest BCUT2D eigenvalue weighted by Crippen LogP contribution is -2.37. The van der Waals surface area contributed by atoms with Gasteiger partial charge >= 0.3 is 0 Å². The van der Waals surface area contributed by atoms with Crippen LogP contribution < -0.4 is 15.6 Å². The fraction of sp³-hybridized carbons (Fsp3) is 0.167. The molecule has 162 valence electrons. The molecule has 0 saturated carbocycles. The predicted molar refractivity (Wildman–Crippen MR) is 120 cm³/mol. The zero-order chi connectivity index (χ0) is 22.5. The monoisotopic (exact) mass is 429 g/mol. The van der Waals surface area contributed by atoms with Gasteiger partial charge in [0, 0.05) is 31.1 Å². The second-order valence-corrected chi connectivity index (χ2v) is 7.25. The van der Waals surface area contributed by atoms with E-state index in [-0.39, 0.29) is 18.0 Å². The Kier molecular flexibility index (Phi) is 6.12. The second-order valence-electron chi connectivity index (χ2n) is 7.25. The van der Waals surface area contributed by atoms with Crippen molar-refractivity contribution in [2.75, 3.05) is 7.11 Å². The minimum Gasteiger partial charge on any atom is -0.497 e. The van der Waals surface area contributed by atoms with E-state index in [1.807, 2.05) is 72.4 Å². The fourth-order valence-corrected chi connectivity index (χ4v) is 3.44. The van der Waals surface area contributed by atoms with Crippen molar-refractivity contribution in [2.45, 2.75) is 12.6 Å². The Bertz CT molecular complexity index is 1280. The summed E-state index contributed by atoms with van der Waals surface area (Å²) in [6.07, 6.45) is 3.48. The molecule has 2 aromatic carbocycles. The molecule has 1 atom stereocenters. The van der Waals surface area contributed by atoms with Crippen LogP contribution in [0.25, 0.3) is 11.3 Å². The summed E-state index contributed by atoms with van der Waals surface area (Å²) in [6, 6.07) is 19.5. The van der Waals surface area contributed by atoms with Crippen LogP contribution in [0.2, 0.25) is 0 Å². The Hall–Kier alpha value is -4.20. The highest BCUT2D eigenvalue weighted by Gasteiger charge is 2.22. The Morgan fingerprint density at radius 2 is 1.91 bits per heavy atom. The molecule has 1 N–H and O–H groups in total. The number of hydrogen-bond acceptors (Lipinski definition) is 5. The normalized spacial score (nSPS) is 11.7. The minimum absolute atomic E-state index is 0.218. The lowest BCUT2D eigenvalue weighted by molar-refractivity contribution is -0.122. The highest BCUT2D eigenvalue weighted by molar-refractivity contribution is 5.76. The van der Waals surface area contributed by atoms with Crippen LogP contribution in [0.3, 0.4) is 0 Å². The summed E-state index contributed by atoms with van der Waals surface area (Å²) in [4.78, 5) is 29.7. The molecule has 1 unspecified atom stereocenters. The molecule has 4 aromatic rings. The van der Waals surface area contributed by atoms with Gasteiger partial charge in [-0.25, -0.2) is 9.67 Å². The molecule has 0 aliphatic carbocycles. The highest BCUT2D eigenvalue weighted by atomic mass is 16.5. The number of nitrogens with one attached hydrogen (secondary N) is 1. The molecule has 32 heavy (non-hydrogen) atoms. The molecule has 2 heterocycles. The van der Waals surface area contributed by atoms with Gasteiger partial charge in [0.05, 0.1) is 12.8 Å². The third kappa shape index (κ3) is 4.59. The lowest BCUT2D eigenvalue weighted by atomic mass is 10.1. The van der Waals surface area contributed by atoms with E-state index in [2.05, 4.69) is 15.4 Å². The number of amides is 1. The van der Waals surface area contributed by atoms with Gasteiger partial charge in [-0.2, -0.15) is 5.10 Å². The first-order valence-electron chi connectivity index (χ1n) is 10.1. The summed E-state index contributed by atoms with van der Waals surface area (Å²) in [5.74, 6) is 0.968. The summed E-state index contributed by atoms with van der Waals surface area (Å²) in [7, 11) is 3.45. The third-order valence-electron chi connectivity index (χ3n) is 5.08. The molecule has 0 spiro atoms. The van der Waals surface area contributed by atoms with E-state index in [9.17, 15) is 9.59 Å². The number of aromatic nitrogens is 4. The van der Waals surface area contributed by atoms with Crippen LogP contribution in [0.1, 0.15) is 17.4 Å². The van der Waals surface area contributed by atoms with Crippen molar-refractivity contribution >= 4 is 5.91 Å². The molecule has 1 amide bonds. The molecule has 8 heteroatoms. The van der Waals surface area contributed by atoms with Gasteiger partial charge in [0.15, 0.2) is 0 Å². The van der Waals surface area contributed by atoms with Crippen molar-refractivity contribution in [3.05, 3.63) is 101 Å². The number of nitrogens with zero attached hydrogens (tertiary/aromatic N) is 4. The van der Waals surface area contributed by atoms with Crippen LogP contribution in [-0.4, -0.2) is 32.3 Å². The number of hydrogen-bond donors (Lipinski definition) is 1. The standard InChI is InChI=1S/C24H23N5O3/c1-28-14-13-25-24(28)23(18-9-6-10-19(15-18)32-2)26-21(30)16-29-22(31)12-11-20(27-29)17-7-4-3-5-8-17/h3-15,23H,16H2,1-2H3,(H,26,30). The van der Waals surface area contributed by atoms with Gasteiger partial charge in [0.2, 0.25) is 5.91 Å². The molecule has 0 saturated heterocycles. The Labute approximate surface area is 185 Å². The smallest absolute Gasteiger partial charge is 0.267 e. The largest absolute Gasteiger partial charge is 0.497 e. The summed E-state index contributed by atoms with van der Waals surface area (Å²) in [5.41, 5.74) is 1.94. The van der Waals surface area contributed by atoms with Gasteiger partial charge in [-0.3, -0.25) is 9.59 Å². The fourth-order valence-electron chi connectivity index (χ4n) is 3.44. The molecule has 0 fully saturated rings. The predicted octanol–water partition coefficient (Wildman–Crippen LogP) is 2.56. The van der Waals surface area contributed by atoms with E-state index in [1.54, 1.807) is 19.4 Å². The minimum atomic E-state index is -0.523. The molecule has 0 aliphatic heterocycles. The van der Waals surface area contributed by atoms with Crippen LogP contribution in [0.4, 0.5) is 0 Å². The maximum atomic E-state index is 13.0. The Balaban J connectivity index is 1.61. The molecule has 4 rings (SSSR count). The van der Waals surface area contributed by atoms with Crippen molar-refractivity contribution in [1.29, 1.82) is 0 Å². The van der Waals surface area contributed by atoms with Gasteiger partial charge in [0.25, 0.3) is 5.56 Å². The van der Waals surface area contributed by atoms with Gasteiger partial charge in [0.1, 0.15) is 24.2 Å². The van der Waals surface area contributed by atoms with Crippen LogP contribution in [0, 0.1) is 0 Å². The first-order chi connectivity index (χ1) is 15.5. The Morgan fingerprint density at radius 1 is 1.09 bits per heavy atom. The van der Waals surface area contributed by atoms with E-state index in [1.165, 1.54) is 10.7 Å². The molecular formula is C24H23N5O3. The number of ether oxygens (including phenoxy) is 1. The SMILES string of the molecule is COc1cccc(C(NC(=O)Cn2nc(-c3ccccc3)ccc2=O)c2nccn2C)c1. The number of benzene rings is 2. The second kappa shape index (κ2) is 9.30. The number of imidazole rings is 1. The van der Waals surface area contributed by atoms with E-state index in [0.29, 0.717) is 17.3 Å². The van der Waals surface area contributed by atoms with Crippen LogP contribution in [0.15, 0.2) is 83.9 Å². The average molecular weight is 429 g/mol. The molecule has 2 aromatic heterocycles. The van der Waals surface area contributed by atoms with E-state index in [4.69, 9.17) is 4.74 Å². The van der Waals surface area contributed by atoms with Gasteiger partial charge in [-0.1, -0.05) is 42.5 Å². The number of carbonyl (C=O) groups is 1. The van der Waals surface area contributed by atoms with E-state index < -0.39 is 6.04 Å². The topological polar surface area (TPSA) is 91.0 Å². The maximum absolute atomic E-state index is 13.0. The quantitative estimate of drug-likeness (QED) is 0.488. The summed E-state index contributed by atoms with van der Waals surface area (Å²) < 4.78 is 8.33. The zero-order valence-corrected chi connectivity index (χ0v) is 17.8. The van der Waals surface area contributed by atoms with Crippen LogP contribution in [-0.2, 0) is 18.4 Å². The molecular weight excluding hydrogens is 406 g/mol. The molecule has 8 nitrogen and oxygen atoms in total. The Morgan fingerprint density at radius 3 is 2.62 bits per heavy atom. The molecule has 0 bridgehead atoms. The number of carbonyl (C=O) groups excluding carboxylic acids is 1. The van der Waals surface area contributed by atoms with Crippen molar-refractivity contribution in [1.82, 2.24) is 24.6 Å². The van der Waals surface area contributed by atoms with Crippen LogP contribution >= 0.6 is 0 Å². The average Bonchev–Trinajstić information content (AvgIpc) is 3.25. The summed E-state index contributed by atoms with van der Waals surface area (Å²) in [6.45, 7) is -0.218.